The number of aromatic nitrogens is 2. The Morgan fingerprint density at radius 3 is 2.02 bits per heavy atom. The molecule has 40 heavy (non-hydrogen) atoms. The molecule has 0 atom stereocenters. The van der Waals surface area contributed by atoms with Crippen LogP contribution in [0.15, 0.2) is 142 Å². The van der Waals surface area contributed by atoms with E-state index in [1.54, 1.807) is 0 Å². The number of fused-ring (bicyclic) bond motifs is 4. The van der Waals surface area contributed by atoms with Crippen LogP contribution in [-0.4, -0.2) is 9.97 Å². The Bertz CT molecular complexity index is 2140. The van der Waals surface area contributed by atoms with Gasteiger partial charge in [0.2, 0.25) is 0 Å². The molecule has 5 aromatic carbocycles. The minimum atomic E-state index is 0.642. The van der Waals surface area contributed by atoms with E-state index in [0.717, 1.165) is 66.5 Å². The average Bonchev–Trinajstić information content (AvgIpc) is 3.63. The van der Waals surface area contributed by atoms with Gasteiger partial charge in [0.25, 0.3) is 0 Å². The monoisotopic (exact) mass is 514 g/mol. The lowest BCUT2D eigenvalue weighted by molar-refractivity contribution is 0.628. The van der Waals surface area contributed by atoms with Gasteiger partial charge in [0.05, 0.1) is 5.69 Å². The lowest BCUT2D eigenvalue weighted by Gasteiger charge is -2.09. The van der Waals surface area contributed by atoms with E-state index < -0.39 is 0 Å². The second-order valence-corrected chi connectivity index (χ2v) is 9.87. The van der Waals surface area contributed by atoms with Crippen molar-refractivity contribution >= 4 is 32.9 Å². The molecule has 0 N–H and O–H groups in total. The summed E-state index contributed by atoms with van der Waals surface area (Å²) in [6, 6.07) is 45.1. The summed E-state index contributed by atoms with van der Waals surface area (Å²) in [6.45, 7) is 0. The summed E-state index contributed by atoms with van der Waals surface area (Å²) in [6.07, 6.45) is 0. The second-order valence-electron chi connectivity index (χ2n) is 9.87. The highest BCUT2D eigenvalue weighted by atomic mass is 16.3. The standard InChI is InChI=1S/C36H22N2O2/c1-2-9-23(10-3-1)24-12-8-13-27(19-24)36-37-30(22-31(38-36)35-21-26-11-4-6-15-32(26)39-35)25-17-18-34-29(20-25)28-14-5-7-16-33(28)40-34/h1-22H. The van der Waals surface area contributed by atoms with Gasteiger partial charge in [-0.05, 0) is 59.7 Å². The molecule has 0 radical (unpaired) electrons. The topological polar surface area (TPSA) is 52.1 Å². The molecule has 0 aliphatic heterocycles. The van der Waals surface area contributed by atoms with Gasteiger partial charge in [-0.15, -0.1) is 0 Å². The number of nitrogens with zero attached hydrogens (tertiary/aromatic N) is 2. The zero-order chi connectivity index (χ0) is 26.5. The van der Waals surface area contributed by atoms with Crippen molar-refractivity contribution in [2.45, 2.75) is 0 Å². The third-order valence-electron chi connectivity index (χ3n) is 7.30. The molecule has 4 nitrogen and oxygen atoms in total. The molecule has 0 saturated heterocycles. The van der Waals surface area contributed by atoms with Crippen molar-refractivity contribution < 1.29 is 8.83 Å². The van der Waals surface area contributed by atoms with Crippen LogP contribution in [0, 0.1) is 0 Å². The molecule has 3 heterocycles. The Morgan fingerprint density at radius 2 is 1.12 bits per heavy atom. The number of hydrogen-bond donors (Lipinski definition) is 0. The molecule has 188 valence electrons. The zero-order valence-electron chi connectivity index (χ0n) is 21.4. The minimum Gasteiger partial charge on any atom is -0.456 e. The summed E-state index contributed by atoms with van der Waals surface area (Å²) < 4.78 is 12.3. The van der Waals surface area contributed by atoms with E-state index in [-0.39, 0.29) is 0 Å². The first-order chi connectivity index (χ1) is 19.8. The first kappa shape index (κ1) is 22.5. The highest BCUT2D eigenvalue weighted by Crippen LogP contribution is 2.35. The maximum atomic E-state index is 6.24. The normalized spacial score (nSPS) is 11.5. The summed E-state index contributed by atoms with van der Waals surface area (Å²) in [5.41, 5.74) is 8.30. The van der Waals surface area contributed by atoms with Crippen LogP contribution in [-0.2, 0) is 0 Å². The highest BCUT2D eigenvalue weighted by molar-refractivity contribution is 6.06. The zero-order valence-corrected chi connectivity index (χ0v) is 21.4. The number of furan rings is 2. The number of hydrogen-bond acceptors (Lipinski definition) is 4. The summed E-state index contributed by atoms with van der Waals surface area (Å²) in [7, 11) is 0. The summed E-state index contributed by atoms with van der Waals surface area (Å²) >= 11 is 0. The predicted molar refractivity (Wildman–Crippen MR) is 161 cm³/mol. The number of benzene rings is 5. The van der Waals surface area contributed by atoms with E-state index in [2.05, 4.69) is 66.7 Å². The molecule has 8 rings (SSSR count). The quantitative estimate of drug-likeness (QED) is 0.234. The van der Waals surface area contributed by atoms with Gasteiger partial charge >= 0.3 is 0 Å². The fraction of sp³-hybridized carbons (Fsp3) is 0. The van der Waals surface area contributed by atoms with E-state index in [9.17, 15) is 0 Å². The molecule has 0 saturated carbocycles. The minimum absolute atomic E-state index is 0.642. The lowest BCUT2D eigenvalue weighted by atomic mass is 10.0. The van der Waals surface area contributed by atoms with Crippen LogP contribution < -0.4 is 0 Å². The molecule has 0 bridgehead atoms. The highest BCUT2D eigenvalue weighted by Gasteiger charge is 2.16. The average molecular weight is 515 g/mol. The number of para-hydroxylation sites is 2. The Labute approximate surface area is 230 Å². The molecule has 0 aliphatic rings. The smallest absolute Gasteiger partial charge is 0.160 e. The van der Waals surface area contributed by atoms with Gasteiger partial charge in [-0.25, -0.2) is 9.97 Å². The van der Waals surface area contributed by atoms with Crippen molar-refractivity contribution in [1.29, 1.82) is 0 Å². The molecule has 4 heteroatoms. The molecule has 0 amide bonds. The van der Waals surface area contributed by atoms with Crippen LogP contribution in [0.4, 0.5) is 0 Å². The third kappa shape index (κ3) is 3.86. The molecule has 0 fully saturated rings. The fourth-order valence-corrected chi connectivity index (χ4v) is 5.31. The molecular formula is C36H22N2O2. The van der Waals surface area contributed by atoms with Crippen molar-refractivity contribution in [2.24, 2.45) is 0 Å². The Hall–Kier alpha value is -5.48. The molecule has 0 aliphatic carbocycles. The molecule has 0 spiro atoms. The first-order valence-electron chi connectivity index (χ1n) is 13.2. The van der Waals surface area contributed by atoms with Crippen LogP contribution in [0.25, 0.3) is 78.1 Å². The second kappa shape index (κ2) is 9.07. The van der Waals surface area contributed by atoms with E-state index in [1.165, 1.54) is 0 Å². The van der Waals surface area contributed by atoms with E-state index in [4.69, 9.17) is 18.8 Å². The molecule has 8 aromatic rings. The Kier molecular flexibility index (Phi) is 5.10. The fourth-order valence-electron chi connectivity index (χ4n) is 5.31. The van der Waals surface area contributed by atoms with Crippen molar-refractivity contribution in [3.63, 3.8) is 0 Å². The van der Waals surface area contributed by atoms with Gasteiger partial charge in [-0.1, -0.05) is 84.9 Å². The van der Waals surface area contributed by atoms with Crippen molar-refractivity contribution in [3.8, 4) is 45.2 Å². The summed E-state index contributed by atoms with van der Waals surface area (Å²) in [5, 5.41) is 3.18. The molecule has 0 unspecified atom stereocenters. The van der Waals surface area contributed by atoms with Crippen LogP contribution >= 0.6 is 0 Å². The molecule has 3 aromatic heterocycles. The van der Waals surface area contributed by atoms with Crippen molar-refractivity contribution in [3.05, 3.63) is 133 Å². The number of rotatable bonds is 4. The third-order valence-corrected chi connectivity index (χ3v) is 7.30. The van der Waals surface area contributed by atoms with Crippen molar-refractivity contribution in [2.75, 3.05) is 0 Å². The van der Waals surface area contributed by atoms with Crippen LogP contribution in [0.1, 0.15) is 0 Å². The van der Waals surface area contributed by atoms with Gasteiger partial charge < -0.3 is 8.83 Å². The molecular weight excluding hydrogens is 492 g/mol. The van der Waals surface area contributed by atoms with Gasteiger partial charge in [-0.2, -0.15) is 0 Å². The SMILES string of the molecule is c1ccc(-c2cccc(-c3nc(-c4ccc5oc6ccccc6c5c4)cc(-c4cc5ccccc5o4)n3)c2)cc1. The van der Waals surface area contributed by atoms with Crippen LogP contribution in [0.2, 0.25) is 0 Å². The van der Waals surface area contributed by atoms with Gasteiger partial charge in [-0.3, -0.25) is 0 Å². The van der Waals surface area contributed by atoms with Gasteiger partial charge in [0, 0.05) is 27.3 Å². The van der Waals surface area contributed by atoms with E-state index in [0.29, 0.717) is 11.6 Å². The van der Waals surface area contributed by atoms with Crippen LogP contribution in [0.3, 0.4) is 0 Å². The Balaban J connectivity index is 1.33. The summed E-state index contributed by atoms with van der Waals surface area (Å²) in [5.74, 6) is 1.35. The van der Waals surface area contributed by atoms with E-state index >= 15 is 0 Å². The van der Waals surface area contributed by atoms with Gasteiger partial charge in [0.15, 0.2) is 11.6 Å². The van der Waals surface area contributed by atoms with Gasteiger partial charge in [0.1, 0.15) is 22.4 Å². The Morgan fingerprint density at radius 1 is 0.400 bits per heavy atom. The lowest BCUT2D eigenvalue weighted by Crippen LogP contribution is -1.95. The largest absolute Gasteiger partial charge is 0.456 e. The van der Waals surface area contributed by atoms with Crippen molar-refractivity contribution in [1.82, 2.24) is 9.97 Å². The van der Waals surface area contributed by atoms with Crippen LogP contribution in [0.5, 0.6) is 0 Å². The predicted octanol–water partition coefficient (Wildman–Crippen LogP) is 9.79. The summed E-state index contributed by atoms with van der Waals surface area (Å²) in [4.78, 5) is 10.1. The first-order valence-corrected chi connectivity index (χ1v) is 13.2. The maximum Gasteiger partial charge on any atom is 0.160 e. The van der Waals surface area contributed by atoms with E-state index in [1.807, 2.05) is 66.7 Å². The maximum absolute atomic E-state index is 6.24.